The van der Waals surface area contributed by atoms with Crippen LogP contribution in [0.4, 0.5) is 8.78 Å². The lowest BCUT2D eigenvalue weighted by Crippen LogP contribution is -2.27. The van der Waals surface area contributed by atoms with E-state index in [1.807, 2.05) is 0 Å². The van der Waals surface area contributed by atoms with Crippen molar-refractivity contribution >= 4 is 28.7 Å². The van der Waals surface area contributed by atoms with Crippen LogP contribution in [0.25, 0.3) is 11.0 Å². The van der Waals surface area contributed by atoms with Crippen LogP contribution in [0, 0.1) is 0 Å². The molecule has 0 aliphatic heterocycles. The third-order valence-electron chi connectivity index (χ3n) is 2.66. The van der Waals surface area contributed by atoms with Gasteiger partial charge in [0, 0.05) is 7.05 Å². The molecule has 0 saturated carbocycles. The topological polar surface area (TPSA) is 46.9 Å². The van der Waals surface area contributed by atoms with Crippen molar-refractivity contribution < 1.29 is 13.6 Å². The average Bonchev–Trinajstić information content (AvgIpc) is 2.75. The number of aromatic nitrogens is 2. The number of nitrogens with zero attached hydrogens (tertiary/aromatic N) is 2. The number of hydrogen-bond acceptors (Lipinski definition) is 3. The molecule has 1 heterocycles. The van der Waals surface area contributed by atoms with Gasteiger partial charge < -0.3 is 5.32 Å². The molecule has 0 radical (unpaired) electrons. The average molecular weight is 285 g/mol. The molecule has 0 fully saturated rings. The van der Waals surface area contributed by atoms with Crippen LogP contribution in [-0.4, -0.2) is 27.8 Å². The maximum Gasteiger partial charge on any atom is 0.321 e. The van der Waals surface area contributed by atoms with Gasteiger partial charge in [-0.15, -0.1) is 0 Å². The molecule has 19 heavy (non-hydrogen) atoms. The van der Waals surface area contributed by atoms with E-state index in [0.29, 0.717) is 11.0 Å². The van der Waals surface area contributed by atoms with Crippen LogP contribution in [0.1, 0.15) is 13.5 Å². The summed E-state index contributed by atoms with van der Waals surface area (Å²) < 4.78 is 27.1. The molecule has 7 heteroatoms. The Morgan fingerprint density at radius 3 is 2.74 bits per heavy atom. The SMILES string of the molecule is CNC(=O)C(C)Sc1nc2ccccc2n1C(F)F. The number of fused-ring (bicyclic) bond motifs is 1. The van der Waals surface area contributed by atoms with Crippen LogP contribution in [0.5, 0.6) is 0 Å². The van der Waals surface area contributed by atoms with E-state index in [1.54, 1.807) is 31.2 Å². The molecule has 0 aliphatic rings. The first-order valence-electron chi connectivity index (χ1n) is 5.68. The van der Waals surface area contributed by atoms with Crippen molar-refractivity contribution in [2.45, 2.75) is 23.9 Å². The van der Waals surface area contributed by atoms with Crippen molar-refractivity contribution in [2.75, 3.05) is 7.05 Å². The van der Waals surface area contributed by atoms with Gasteiger partial charge in [0.1, 0.15) is 0 Å². The van der Waals surface area contributed by atoms with E-state index < -0.39 is 11.8 Å². The molecule has 102 valence electrons. The second kappa shape index (κ2) is 5.56. The molecule has 1 N–H and O–H groups in total. The first-order valence-corrected chi connectivity index (χ1v) is 6.56. The summed E-state index contributed by atoms with van der Waals surface area (Å²) in [5.41, 5.74) is 0.860. The molecule has 4 nitrogen and oxygen atoms in total. The first kappa shape index (κ1) is 13.8. The van der Waals surface area contributed by atoms with Crippen molar-refractivity contribution in [1.29, 1.82) is 0 Å². The molecule has 2 aromatic rings. The fraction of sp³-hybridized carbons (Fsp3) is 0.333. The highest BCUT2D eigenvalue weighted by Crippen LogP contribution is 2.31. The van der Waals surface area contributed by atoms with Crippen LogP contribution < -0.4 is 5.32 Å². The number of amides is 1. The highest BCUT2D eigenvalue weighted by molar-refractivity contribution is 8.00. The van der Waals surface area contributed by atoms with Gasteiger partial charge in [0.05, 0.1) is 16.3 Å². The van der Waals surface area contributed by atoms with E-state index in [0.717, 1.165) is 16.3 Å². The Kier molecular flexibility index (Phi) is 4.04. The number of para-hydroxylation sites is 2. The molecule has 0 saturated heterocycles. The zero-order chi connectivity index (χ0) is 14.0. The summed E-state index contributed by atoms with van der Waals surface area (Å²) in [5.74, 6) is -0.224. The summed E-state index contributed by atoms with van der Waals surface area (Å²) in [4.78, 5) is 15.6. The molecule has 1 aromatic heterocycles. The van der Waals surface area contributed by atoms with Gasteiger partial charge in [0.2, 0.25) is 5.91 Å². The number of imidazole rings is 1. The summed E-state index contributed by atoms with van der Waals surface area (Å²) in [7, 11) is 1.51. The van der Waals surface area contributed by atoms with Gasteiger partial charge in [-0.3, -0.25) is 9.36 Å². The van der Waals surface area contributed by atoms with E-state index >= 15 is 0 Å². The summed E-state index contributed by atoms with van der Waals surface area (Å²) in [6, 6.07) is 6.67. The van der Waals surface area contributed by atoms with Crippen molar-refractivity contribution in [2.24, 2.45) is 0 Å². The smallest absolute Gasteiger partial charge is 0.321 e. The van der Waals surface area contributed by atoms with Crippen molar-refractivity contribution in [3.63, 3.8) is 0 Å². The maximum absolute atomic E-state index is 13.1. The standard InChI is InChI=1S/C12H13F2N3OS/c1-7(10(18)15-2)19-12-16-8-5-3-4-6-9(8)17(12)11(13)14/h3-7,11H,1-2H3,(H,15,18). The molecule has 1 unspecified atom stereocenters. The second-order valence-electron chi connectivity index (χ2n) is 3.91. The third-order valence-corrected chi connectivity index (χ3v) is 3.72. The minimum atomic E-state index is -2.69. The van der Waals surface area contributed by atoms with Gasteiger partial charge in [-0.2, -0.15) is 8.78 Å². The van der Waals surface area contributed by atoms with E-state index in [-0.39, 0.29) is 11.1 Å². The summed E-state index contributed by atoms with van der Waals surface area (Å²) in [6.07, 6.45) is 0. The van der Waals surface area contributed by atoms with Crippen LogP contribution in [-0.2, 0) is 4.79 Å². The Morgan fingerprint density at radius 2 is 2.11 bits per heavy atom. The zero-order valence-electron chi connectivity index (χ0n) is 10.4. The molecule has 0 bridgehead atoms. The summed E-state index contributed by atoms with van der Waals surface area (Å²) >= 11 is 1.02. The molecule has 0 aliphatic carbocycles. The largest absolute Gasteiger partial charge is 0.358 e. The molecule has 2 rings (SSSR count). The van der Waals surface area contributed by atoms with Crippen LogP contribution in [0.2, 0.25) is 0 Å². The first-order chi connectivity index (χ1) is 9.04. The highest BCUT2D eigenvalue weighted by Gasteiger charge is 2.22. The van der Waals surface area contributed by atoms with Gasteiger partial charge in [-0.1, -0.05) is 23.9 Å². The molecule has 1 amide bonds. The number of carbonyl (C=O) groups is 1. The predicted octanol–water partition coefficient (Wildman–Crippen LogP) is 2.66. The number of benzene rings is 1. The Bertz CT molecular complexity index is 600. The number of carbonyl (C=O) groups excluding carboxylic acids is 1. The summed E-state index contributed by atoms with van der Waals surface area (Å²) in [6.45, 7) is -1.04. The molecule has 1 aromatic carbocycles. The highest BCUT2D eigenvalue weighted by atomic mass is 32.2. The predicted molar refractivity (Wildman–Crippen MR) is 70.4 cm³/mol. The quantitative estimate of drug-likeness (QED) is 0.879. The maximum atomic E-state index is 13.1. The lowest BCUT2D eigenvalue weighted by atomic mass is 10.3. The molecule has 0 spiro atoms. The fourth-order valence-corrected chi connectivity index (χ4v) is 2.69. The zero-order valence-corrected chi connectivity index (χ0v) is 11.2. The van der Waals surface area contributed by atoms with Crippen molar-refractivity contribution in [3.05, 3.63) is 24.3 Å². The van der Waals surface area contributed by atoms with Crippen molar-refractivity contribution in [1.82, 2.24) is 14.9 Å². The Morgan fingerprint density at radius 1 is 1.42 bits per heavy atom. The second-order valence-corrected chi connectivity index (χ2v) is 5.21. The van der Waals surface area contributed by atoms with Gasteiger partial charge in [0.15, 0.2) is 5.16 Å². The molecule has 1 atom stereocenters. The number of nitrogens with one attached hydrogen (secondary N) is 1. The number of hydrogen-bond donors (Lipinski definition) is 1. The lowest BCUT2D eigenvalue weighted by molar-refractivity contribution is -0.119. The van der Waals surface area contributed by atoms with E-state index in [9.17, 15) is 13.6 Å². The Hall–Kier alpha value is -1.63. The normalized spacial score (nSPS) is 12.9. The minimum absolute atomic E-state index is 0.146. The van der Waals surface area contributed by atoms with Gasteiger partial charge in [-0.05, 0) is 19.1 Å². The minimum Gasteiger partial charge on any atom is -0.358 e. The lowest BCUT2D eigenvalue weighted by Gasteiger charge is -2.11. The van der Waals surface area contributed by atoms with Crippen LogP contribution in [0.15, 0.2) is 29.4 Å². The van der Waals surface area contributed by atoms with Gasteiger partial charge in [0.25, 0.3) is 0 Å². The van der Waals surface area contributed by atoms with E-state index in [4.69, 9.17) is 0 Å². The molecular weight excluding hydrogens is 272 g/mol. The third kappa shape index (κ3) is 2.70. The fourth-order valence-electron chi connectivity index (χ4n) is 1.71. The number of rotatable bonds is 4. The van der Waals surface area contributed by atoms with Crippen LogP contribution >= 0.6 is 11.8 Å². The van der Waals surface area contributed by atoms with E-state index in [1.165, 1.54) is 7.05 Å². The van der Waals surface area contributed by atoms with Gasteiger partial charge in [-0.25, -0.2) is 4.98 Å². The van der Waals surface area contributed by atoms with Crippen LogP contribution in [0.3, 0.4) is 0 Å². The van der Waals surface area contributed by atoms with Crippen molar-refractivity contribution in [3.8, 4) is 0 Å². The van der Waals surface area contributed by atoms with E-state index in [2.05, 4.69) is 10.3 Å². The summed E-state index contributed by atoms with van der Waals surface area (Å²) in [5, 5.41) is 2.14. The number of halogens is 2. The monoisotopic (exact) mass is 285 g/mol. The Balaban J connectivity index is 2.42. The Labute approximate surface area is 113 Å². The number of thioether (sulfide) groups is 1. The molecular formula is C12H13F2N3OS. The van der Waals surface area contributed by atoms with Gasteiger partial charge >= 0.3 is 6.55 Å². The number of alkyl halides is 2.